The number of amides is 3. The van der Waals surface area contributed by atoms with E-state index in [9.17, 15) is 60.3 Å². The fraction of sp³-hybridized carbons (Fsp3) is 0.906. The van der Waals surface area contributed by atoms with E-state index in [4.69, 9.17) is 33.2 Å². The molecule has 0 spiro atoms. The Morgan fingerprint density at radius 3 is 1.30 bits per heavy atom. The molecule has 0 aromatic carbocycles. The van der Waals surface area contributed by atoms with Gasteiger partial charge in [0.2, 0.25) is 17.7 Å². The van der Waals surface area contributed by atoms with Crippen LogP contribution in [0.1, 0.15) is 41.0 Å². The van der Waals surface area contributed by atoms with Crippen molar-refractivity contribution in [2.75, 3.05) is 19.8 Å². The molecule has 4 heterocycles. The molecule has 0 bridgehead atoms. The average molecular weight is 786 g/mol. The van der Waals surface area contributed by atoms with Crippen molar-refractivity contribution in [1.82, 2.24) is 16.0 Å². The maximum atomic E-state index is 12.4. The summed E-state index contributed by atoms with van der Waals surface area (Å²) in [5.74, 6) is -2.84. The number of rotatable bonds is 13. The first-order valence-electron chi connectivity index (χ1n) is 17.8. The molecule has 3 amide bonds. The van der Waals surface area contributed by atoms with E-state index in [1.54, 1.807) is 6.92 Å². The van der Waals surface area contributed by atoms with Crippen molar-refractivity contribution in [1.29, 1.82) is 0 Å². The summed E-state index contributed by atoms with van der Waals surface area (Å²) in [7, 11) is 0. The summed E-state index contributed by atoms with van der Waals surface area (Å²) in [6, 6.07) is -4.30. The molecule has 54 heavy (non-hydrogen) atoms. The third kappa shape index (κ3) is 9.82. The molecule has 20 atom stereocenters. The summed E-state index contributed by atoms with van der Waals surface area (Å²) in [6.45, 7) is 4.24. The molecule has 4 aliphatic rings. The van der Waals surface area contributed by atoms with E-state index >= 15 is 0 Å². The molecule has 9 unspecified atom stereocenters. The summed E-state index contributed by atoms with van der Waals surface area (Å²) in [4.78, 5) is 36.5. The Kier molecular flexibility index (Phi) is 15.9. The average Bonchev–Trinajstić information content (AvgIpc) is 3.12. The number of ether oxygens (including phenoxy) is 7. The Hall–Kier alpha value is -2.23. The minimum absolute atomic E-state index is 0.194. The van der Waals surface area contributed by atoms with Gasteiger partial charge in [-0.2, -0.15) is 0 Å². The summed E-state index contributed by atoms with van der Waals surface area (Å²) in [5.41, 5.74) is 0. The first-order chi connectivity index (χ1) is 25.5. The molecule has 12 N–H and O–H groups in total. The van der Waals surface area contributed by atoms with Crippen LogP contribution < -0.4 is 16.0 Å². The highest BCUT2D eigenvalue weighted by Crippen LogP contribution is 2.35. The van der Waals surface area contributed by atoms with Crippen LogP contribution >= 0.6 is 0 Å². The van der Waals surface area contributed by atoms with Crippen LogP contribution in [-0.2, 0) is 47.5 Å². The van der Waals surface area contributed by atoms with E-state index < -0.39 is 160 Å². The Labute approximate surface area is 310 Å². The molecular formula is C32H55N3O19. The third-order valence-corrected chi connectivity index (χ3v) is 9.97. The lowest BCUT2D eigenvalue weighted by atomic mass is 9.91. The van der Waals surface area contributed by atoms with Gasteiger partial charge < -0.3 is 95.1 Å². The van der Waals surface area contributed by atoms with Crippen LogP contribution in [0.25, 0.3) is 0 Å². The predicted octanol–water partition coefficient (Wildman–Crippen LogP) is -6.62. The van der Waals surface area contributed by atoms with Gasteiger partial charge in [0.05, 0.1) is 32.0 Å². The van der Waals surface area contributed by atoms with Crippen LogP contribution in [-0.4, -0.2) is 200 Å². The molecule has 22 nitrogen and oxygen atoms in total. The third-order valence-electron chi connectivity index (χ3n) is 9.97. The van der Waals surface area contributed by atoms with E-state index in [0.29, 0.717) is 0 Å². The van der Waals surface area contributed by atoms with Gasteiger partial charge in [-0.3, -0.25) is 14.4 Å². The molecule has 0 saturated carbocycles. The molecule has 0 aromatic heterocycles. The molecule has 22 heteroatoms. The van der Waals surface area contributed by atoms with E-state index in [1.165, 1.54) is 6.92 Å². The van der Waals surface area contributed by atoms with E-state index in [2.05, 4.69) is 16.0 Å². The molecule has 0 aromatic rings. The zero-order valence-electron chi connectivity index (χ0n) is 30.5. The van der Waals surface area contributed by atoms with E-state index in [0.717, 1.165) is 20.8 Å². The Morgan fingerprint density at radius 1 is 0.519 bits per heavy atom. The highest BCUT2D eigenvalue weighted by atomic mass is 16.8. The molecule has 4 aliphatic heterocycles. The maximum absolute atomic E-state index is 12.4. The van der Waals surface area contributed by atoms with Crippen molar-refractivity contribution in [2.45, 2.75) is 158 Å². The first-order valence-corrected chi connectivity index (χ1v) is 17.8. The van der Waals surface area contributed by atoms with Gasteiger partial charge >= 0.3 is 0 Å². The zero-order valence-corrected chi connectivity index (χ0v) is 30.5. The highest BCUT2D eigenvalue weighted by Gasteiger charge is 2.55. The van der Waals surface area contributed by atoms with Crippen molar-refractivity contribution in [3.05, 3.63) is 0 Å². The van der Waals surface area contributed by atoms with E-state index in [1.807, 2.05) is 0 Å². The quantitative estimate of drug-likeness (QED) is 0.0826. The lowest BCUT2D eigenvalue weighted by Crippen LogP contribution is -2.71. The normalized spacial score (nSPS) is 45.7. The van der Waals surface area contributed by atoms with Crippen LogP contribution in [0.2, 0.25) is 0 Å². The number of hydrogen-bond acceptors (Lipinski definition) is 19. The molecule has 4 saturated heterocycles. The van der Waals surface area contributed by atoms with Crippen molar-refractivity contribution in [3.8, 4) is 0 Å². The lowest BCUT2D eigenvalue weighted by Gasteiger charge is -2.50. The van der Waals surface area contributed by atoms with Gasteiger partial charge in [0.25, 0.3) is 0 Å². The van der Waals surface area contributed by atoms with Crippen LogP contribution in [0.3, 0.4) is 0 Å². The van der Waals surface area contributed by atoms with Crippen LogP contribution in [0.15, 0.2) is 0 Å². The number of hydrogen-bond donors (Lipinski definition) is 12. The lowest BCUT2D eigenvalue weighted by molar-refractivity contribution is -0.363. The Morgan fingerprint density at radius 2 is 0.889 bits per heavy atom. The van der Waals surface area contributed by atoms with Gasteiger partial charge in [-0.15, -0.1) is 0 Å². The monoisotopic (exact) mass is 785 g/mol. The number of nitrogens with one attached hydrogen (secondary N) is 3. The molecule has 4 rings (SSSR count). The molecular weight excluding hydrogens is 730 g/mol. The number of carbonyl (C=O) groups is 3. The maximum Gasteiger partial charge on any atom is 0.217 e. The number of aliphatic hydroxyl groups is 9. The highest BCUT2D eigenvalue weighted by molar-refractivity contribution is 5.74. The van der Waals surface area contributed by atoms with Gasteiger partial charge in [-0.05, 0) is 6.42 Å². The summed E-state index contributed by atoms with van der Waals surface area (Å²) in [5, 5.41) is 103. The molecule has 4 fully saturated rings. The largest absolute Gasteiger partial charge is 0.394 e. The zero-order chi connectivity index (χ0) is 40.2. The molecule has 0 radical (unpaired) electrons. The van der Waals surface area contributed by atoms with Gasteiger partial charge in [-0.1, -0.05) is 13.8 Å². The molecule has 312 valence electrons. The van der Waals surface area contributed by atoms with Crippen molar-refractivity contribution in [3.63, 3.8) is 0 Å². The fourth-order valence-corrected chi connectivity index (χ4v) is 7.14. The van der Waals surface area contributed by atoms with Crippen molar-refractivity contribution < 1.29 is 93.5 Å². The second kappa shape index (κ2) is 19.3. The van der Waals surface area contributed by atoms with Crippen molar-refractivity contribution in [2.24, 2.45) is 5.92 Å². The summed E-state index contributed by atoms with van der Waals surface area (Å²) >= 11 is 0. The van der Waals surface area contributed by atoms with Crippen LogP contribution in [0.5, 0.6) is 0 Å². The summed E-state index contributed by atoms with van der Waals surface area (Å²) in [6.07, 6.45) is -23.5. The smallest absolute Gasteiger partial charge is 0.217 e. The van der Waals surface area contributed by atoms with Crippen molar-refractivity contribution >= 4 is 17.7 Å². The van der Waals surface area contributed by atoms with Crippen LogP contribution in [0, 0.1) is 5.92 Å². The topological polar surface area (TPSA) is 334 Å². The minimum Gasteiger partial charge on any atom is -0.394 e. The second-order valence-electron chi connectivity index (χ2n) is 13.9. The molecule has 0 aliphatic carbocycles. The number of carbonyl (C=O) groups excluding carboxylic acids is 3. The summed E-state index contributed by atoms with van der Waals surface area (Å²) < 4.78 is 41.2. The van der Waals surface area contributed by atoms with Gasteiger partial charge in [-0.25, -0.2) is 0 Å². The van der Waals surface area contributed by atoms with Gasteiger partial charge in [0, 0.05) is 26.7 Å². The second-order valence-corrected chi connectivity index (χ2v) is 13.9. The van der Waals surface area contributed by atoms with Gasteiger partial charge in [0.1, 0.15) is 79.2 Å². The predicted molar refractivity (Wildman–Crippen MR) is 175 cm³/mol. The van der Waals surface area contributed by atoms with Gasteiger partial charge in [0.15, 0.2) is 25.2 Å². The SMILES string of the molecule is CC[C@H]1OC(O)C(NC(C)=O)C(O)[C@@H]1O[C@@H]1OC(CO)[C@H](O[C@H]2O[C@H](CO)[C@@H](O[C@@H]3OC(CO)[C@H](O)[C@H](O)C3C)C(O)C2NC(C)=O)[C@H](O)C1NC(C)=O. The first kappa shape index (κ1) is 44.5. The minimum atomic E-state index is -1.79. The van der Waals surface area contributed by atoms with Crippen LogP contribution in [0.4, 0.5) is 0 Å². The van der Waals surface area contributed by atoms with E-state index in [-0.39, 0.29) is 6.42 Å². The standard InChI is InChI=1S/C32H55N3O19/c1-6-14-26(23(44)18(29(47)48-14)33-11(3)39)53-31-20(35-13(5)41)25(46)28(17(9-38)51-31)54-32-19(34-12(4)40)24(45)27(16(8-37)50-32)52-30-10(2)21(42)22(43)15(7-36)49-30/h10,14-32,36-38,42-47H,6-9H2,1-5H3,(H,33,39)(H,34,40)(H,35,41)/t10?,14-,15?,16-,17?,18?,19?,20?,21-,22+,23?,24?,25-,26-,27-,28+,29?,30+,31+,32-/m1/s1. The Bertz CT molecular complexity index is 1250. The Balaban J connectivity index is 1.59. The fourth-order valence-electron chi connectivity index (χ4n) is 7.14. The number of aliphatic hydroxyl groups excluding tert-OH is 9.